The summed E-state index contributed by atoms with van der Waals surface area (Å²) in [6.45, 7) is 0.751. The van der Waals surface area contributed by atoms with Crippen molar-refractivity contribution in [2.45, 2.75) is 19.1 Å². The summed E-state index contributed by atoms with van der Waals surface area (Å²) in [6, 6.07) is 10.2. The number of aliphatic hydroxyl groups excluding tert-OH is 1. The van der Waals surface area contributed by atoms with Gasteiger partial charge in [-0.05, 0) is 17.7 Å². The Hall–Kier alpha value is -1.10. The van der Waals surface area contributed by atoms with Crippen molar-refractivity contribution in [2.75, 3.05) is 27.7 Å². The molecule has 1 radical (unpaired) electrons. The Morgan fingerprint density at radius 1 is 1.47 bits per heavy atom. The molecule has 0 aliphatic carbocycles. The highest BCUT2D eigenvalue weighted by molar-refractivity contribution is 5.69. The average Bonchev–Trinajstić information content (AvgIpc) is 2.25. The maximum absolute atomic E-state index is 11.5. The van der Waals surface area contributed by atoms with E-state index in [0.29, 0.717) is 11.0 Å². The SMILES string of the molecule is C[N+](C)(C)CC(O)CC(=O)OCc1c[c]ccc1.[Cl-]. The zero-order valence-electron chi connectivity index (χ0n) is 11.6. The lowest BCUT2D eigenvalue weighted by molar-refractivity contribution is -0.873. The highest BCUT2D eigenvalue weighted by Crippen LogP contribution is 2.04. The molecule has 5 heteroatoms. The number of rotatable bonds is 6. The van der Waals surface area contributed by atoms with Crippen LogP contribution in [0.5, 0.6) is 0 Å². The number of hydrogen-bond acceptors (Lipinski definition) is 3. The van der Waals surface area contributed by atoms with E-state index >= 15 is 0 Å². The first-order valence-corrected chi connectivity index (χ1v) is 5.96. The monoisotopic (exact) mass is 286 g/mol. The van der Waals surface area contributed by atoms with Gasteiger partial charge in [0.25, 0.3) is 0 Å². The van der Waals surface area contributed by atoms with Gasteiger partial charge in [-0.25, -0.2) is 0 Å². The van der Waals surface area contributed by atoms with Gasteiger partial charge < -0.3 is 26.7 Å². The molecule has 0 saturated carbocycles. The third-order valence-corrected chi connectivity index (χ3v) is 2.33. The summed E-state index contributed by atoms with van der Waals surface area (Å²) in [6.07, 6.45) is -0.633. The van der Waals surface area contributed by atoms with Crippen LogP contribution in [0.15, 0.2) is 24.3 Å². The second kappa shape index (κ2) is 8.15. The lowest BCUT2D eigenvalue weighted by Crippen LogP contribution is -3.00. The number of aliphatic hydroxyl groups is 1. The van der Waals surface area contributed by atoms with Crippen LogP contribution in [0.25, 0.3) is 0 Å². The predicted octanol–water partition coefficient (Wildman–Crippen LogP) is -2.01. The second-order valence-corrected chi connectivity index (χ2v) is 5.40. The summed E-state index contributed by atoms with van der Waals surface area (Å²) in [5, 5.41) is 9.73. The molecule has 107 valence electrons. The molecule has 1 aromatic carbocycles. The first kappa shape index (κ1) is 17.9. The van der Waals surface area contributed by atoms with Gasteiger partial charge >= 0.3 is 5.97 Å². The number of quaternary nitrogens is 1. The van der Waals surface area contributed by atoms with Gasteiger partial charge in [0, 0.05) is 0 Å². The third kappa shape index (κ3) is 8.59. The van der Waals surface area contributed by atoms with E-state index in [2.05, 4.69) is 6.07 Å². The van der Waals surface area contributed by atoms with Gasteiger partial charge in [0.2, 0.25) is 0 Å². The number of ether oxygens (including phenoxy) is 1. The fraction of sp³-hybridized carbons (Fsp3) is 0.500. The van der Waals surface area contributed by atoms with Crippen molar-refractivity contribution in [2.24, 2.45) is 0 Å². The largest absolute Gasteiger partial charge is 1.00 e. The lowest BCUT2D eigenvalue weighted by Gasteiger charge is -2.26. The maximum atomic E-state index is 11.5. The molecule has 0 aliphatic heterocycles. The minimum absolute atomic E-state index is 0. The van der Waals surface area contributed by atoms with E-state index < -0.39 is 6.10 Å². The van der Waals surface area contributed by atoms with Crippen molar-refractivity contribution in [1.29, 1.82) is 0 Å². The molecular weight excluding hydrogens is 266 g/mol. The molecule has 1 aromatic rings. The van der Waals surface area contributed by atoms with Gasteiger partial charge in [-0.15, -0.1) is 0 Å². The van der Waals surface area contributed by atoms with Crippen LogP contribution in [0.4, 0.5) is 0 Å². The summed E-state index contributed by atoms with van der Waals surface area (Å²) in [4.78, 5) is 11.5. The van der Waals surface area contributed by atoms with E-state index in [4.69, 9.17) is 4.74 Å². The van der Waals surface area contributed by atoms with Crippen molar-refractivity contribution in [3.05, 3.63) is 35.9 Å². The van der Waals surface area contributed by atoms with Crippen LogP contribution >= 0.6 is 0 Å². The fourth-order valence-corrected chi connectivity index (χ4v) is 1.63. The van der Waals surface area contributed by atoms with Gasteiger partial charge in [-0.1, -0.05) is 18.2 Å². The van der Waals surface area contributed by atoms with Crippen LogP contribution in [0.3, 0.4) is 0 Å². The Morgan fingerprint density at radius 3 is 2.68 bits per heavy atom. The second-order valence-electron chi connectivity index (χ2n) is 5.40. The summed E-state index contributed by atoms with van der Waals surface area (Å²) >= 11 is 0. The third-order valence-electron chi connectivity index (χ3n) is 2.33. The number of esters is 1. The van der Waals surface area contributed by atoms with E-state index in [0.717, 1.165) is 5.56 Å². The van der Waals surface area contributed by atoms with E-state index in [-0.39, 0.29) is 31.4 Å². The number of carbonyl (C=O) groups excluding carboxylic acids is 1. The Balaban J connectivity index is 0.00000324. The molecule has 0 amide bonds. The minimum Gasteiger partial charge on any atom is -1.00 e. The first-order chi connectivity index (χ1) is 8.37. The predicted molar refractivity (Wildman–Crippen MR) is 68.6 cm³/mol. The van der Waals surface area contributed by atoms with Gasteiger partial charge in [0.05, 0.1) is 27.6 Å². The quantitative estimate of drug-likeness (QED) is 0.486. The highest BCUT2D eigenvalue weighted by atomic mass is 35.5. The van der Waals surface area contributed by atoms with E-state index in [1.165, 1.54) is 0 Å². The molecule has 0 fully saturated rings. The zero-order valence-corrected chi connectivity index (χ0v) is 12.4. The Kier molecular flexibility index (Phi) is 7.68. The molecule has 0 bridgehead atoms. The lowest BCUT2D eigenvalue weighted by atomic mass is 10.2. The number of nitrogens with zero attached hydrogens (tertiary/aromatic N) is 1. The van der Waals surface area contributed by atoms with Crippen LogP contribution < -0.4 is 12.4 Å². The summed E-state index contributed by atoms with van der Waals surface area (Å²) in [5.41, 5.74) is 0.895. The molecular formula is C14H21ClNO3. The maximum Gasteiger partial charge on any atom is 0.308 e. The molecule has 1 unspecified atom stereocenters. The van der Waals surface area contributed by atoms with Crippen LogP contribution in [0, 0.1) is 6.07 Å². The summed E-state index contributed by atoms with van der Waals surface area (Å²) < 4.78 is 5.70. The molecule has 4 nitrogen and oxygen atoms in total. The normalized spacial score (nSPS) is 12.4. The molecule has 0 spiro atoms. The van der Waals surface area contributed by atoms with Crippen LogP contribution in [-0.2, 0) is 16.1 Å². The van der Waals surface area contributed by atoms with E-state index in [1.807, 2.05) is 33.3 Å². The smallest absolute Gasteiger partial charge is 0.308 e. The average molecular weight is 287 g/mol. The van der Waals surface area contributed by atoms with Gasteiger partial charge in [-0.3, -0.25) is 4.79 Å². The van der Waals surface area contributed by atoms with Crippen molar-refractivity contribution in [3.8, 4) is 0 Å². The van der Waals surface area contributed by atoms with Gasteiger partial charge in [0.1, 0.15) is 19.3 Å². The summed E-state index contributed by atoms with van der Waals surface area (Å²) in [7, 11) is 5.90. The van der Waals surface area contributed by atoms with Crippen molar-refractivity contribution < 1.29 is 31.5 Å². The van der Waals surface area contributed by atoms with E-state index in [9.17, 15) is 9.90 Å². The topological polar surface area (TPSA) is 46.5 Å². The van der Waals surface area contributed by atoms with Gasteiger partial charge in [-0.2, -0.15) is 0 Å². The van der Waals surface area contributed by atoms with Crippen molar-refractivity contribution in [1.82, 2.24) is 0 Å². The van der Waals surface area contributed by atoms with Crippen molar-refractivity contribution in [3.63, 3.8) is 0 Å². The van der Waals surface area contributed by atoms with E-state index in [1.54, 1.807) is 12.1 Å². The Bertz CT molecular complexity index is 376. The zero-order chi connectivity index (χ0) is 13.6. The fourth-order valence-electron chi connectivity index (χ4n) is 1.63. The molecule has 19 heavy (non-hydrogen) atoms. The minimum atomic E-state index is -0.667. The van der Waals surface area contributed by atoms with Gasteiger partial charge in [0.15, 0.2) is 0 Å². The van der Waals surface area contributed by atoms with Crippen molar-refractivity contribution >= 4 is 5.97 Å². The summed E-state index contributed by atoms with van der Waals surface area (Å²) in [5.74, 6) is -0.375. The molecule has 0 saturated heterocycles. The molecule has 1 atom stereocenters. The number of hydrogen-bond donors (Lipinski definition) is 1. The highest BCUT2D eigenvalue weighted by Gasteiger charge is 2.19. The van der Waals surface area contributed by atoms with Crippen LogP contribution in [0.1, 0.15) is 12.0 Å². The number of likely N-dealkylation sites (N-methyl/N-ethyl adjacent to an activating group) is 1. The molecule has 0 heterocycles. The number of benzene rings is 1. The molecule has 0 aliphatic rings. The number of halogens is 1. The molecule has 1 rings (SSSR count). The molecule has 0 aromatic heterocycles. The van der Waals surface area contributed by atoms with Crippen LogP contribution in [-0.4, -0.2) is 49.4 Å². The number of carbonyl (C=O) groups is 1. The standard InChI is InChI=1S/C14H21NO3.ClH/c1-15(2,3)10-13(16)9-14(17)18-11-12-7-5-4-6-8-12;/h4-5,7-8,13,16H,9-11H2,1-3H3;1H/q+1;/p-1. The Labute approximate surface area is 121 Å². The Morgan fingerprint density at radius 2 is 2.16 bits per heavy atom. The molecule has 1 N–H and O–H groups in total. The first-order valence-electron chi connectivity index (χ1n) is 5.96. The van der Waals surface area contributed by atoms with Crippen LogP contribution in [0.2, 0.25) is 0 Å².